The molecule has 1 aromatic carbocycles. The van der Waals surface area contributed by atoms with Gasteiger partial charge < -0.3 is 9.47 Å². The van der Waals surface area contributed by atoms with E-state index in [1.165, 1.54) is 12.0 Å². The van der Waals surface area contributed by atoms with Gasteiger partial charge in [0.2, 0.25) is 11.8 Å². The molecule has 0 spiro atoms. The zero-order chi connectivity index (χ0) is 14.7. The third-order valence-electron chi connectivity index (χ3n) is 4.29. The minimum atomic E-state index is -0.434. The number of rotatable bonds is 2. The molecule has 2 fully saturated rings. The monoisotopic (exact) mass is 305 g/mol. The molecule has 0 aromatic heterocycles. The quantitative estimate of drug-likeness (QED) is 0.617. The molecule has 0 saturated carbocycles. The van der Waals surface area contributed by atoms with E-state index < -0.39 is 11.8 Å². The Morgan fingerprint density at radius 2 is 1.76 bits per heavy atom. The lowest BCUT2D eigenvalue weighted by Gasteiger charge is -2.20. The van der Waals surface area contributed by atoms with Gasteiger partial charge in [0, 0.05) is 5.02 Å². The predicted octanol–water partition coefficient (Wildman–Crippen LogP) is 1.79. The molecular formula is C15H12ClNO4. The number of anilines is 1. The summed E-state index contributed by atoms with van der Waals surface area (Å²) in [5, 5.41) is 0.445. The molecule has 2 bridgehead atoms. The highest BCUT2D eigenvalue weighted by molar-refractivity contribution is 6.31. The molecule has 0 radical (unpaired) electrons. The maximum atomic E-state index is 12.7. The third-order valence-corrected chi connectivity index (χ3v) is 4.53. The van der Waals surface area contributed by atoms with Crippen LogP contribution in [-0.4, -0.2) is 31.1 Å². The van der Waals surface area contributed by atoms with E-state index in [0.29, 0.717) is 16.5 Å². The molecule has 6 heteroatoms. The average molecular weight is 306 g/mol. The smallest absolute Gasteiger partial charge is 0.240 e. The average Bonchev–Trinajstić information content (AvgIpc) is 3.13. The molecule has 0 unspecified atom stereocenters. The molecular weight excluding hydrogens is 294 g/mol. The van der Waals surface area contributed by atoms with Gasteiger partial charge in [-0.15, -0.1) is 0 Å². The first-order chi connectivity index (χ1) is 10.1. The van der Waals surface area contributed by atoms with Crippen molar-refractivity contribution in [3.8, 4) is 5.75 Å². The summed E-state index contributed by atoms with van der Waals surface area (Å²) in [6.07, 6.45) is 3.11. The topological polar surface area (TPSA) is 55.8 Å². The van der Waals surface area contributed by atoms with Crippen molar-refractivity contribution in [1.29, 1.82) is 0 Å². The fraction of sp³-hybridized carbons (Fsp3) is 0.333. The van der Waals surface area contributed by atoms with Crippen LogP contribution in [0.3, 0.4) is 0 Å². The summed E-state index contributed by atoms with van der Waals surface area (Å²) in [6.45, 7) is 0. The Morgan fingerprint density at radius 3 is 2.33 bits per heavy atom. The number of benzene rings is 1. The second-order valence-electron chi connectivity index (χ2n) is 5.33. The van der Waals surface area contributed by atoms with Gasteiger partial charge >= 0.3 is 0 Å². The van der Waals surface area contributed by atoms with Crippen LogP contribution in [0.5, 0.6) is 5.75 Å². The molecule has 4 rings (SSSR count). The Bertz CT molecular complexity index is 656. The lowest BCUT2D eigenvalue weighted by Crippen LogP contribution is -2.34. The summed E-state index contributed by atoms with van der Waals surface area (Å²) in [6, 6.07) is 4.88. The van der Waals surface area contributed by atoms with Crippen molar-refractivity contribution in [1.82, 2.24) is 0 Å². The van der Waals surface area contributed by atoms with Gasteiger partial charge in [-0.3, -0.25) is 9.59 Å². The summed E-state index contributed by atoms with van der Waals surface area (Å²) in [5.74, 6) is -0.917. The van der Waals surface area contributed by atoms with E-state index in [2.05, 4.69) is 0 Å². The second kappa shape index (κ2) is 4.32. The highest BCUT2D eigenvalue weighted by Gasteiger charge is 2.61. The molecule has 0 N–H and O–H groups in total. The molecule has 3 aliphatic rings. The van der Waals surface area contributed by atoms with Crippen LogP contribution >= 0.6 is 11.6 Å². The van der Waals surface area contributed by atoms with Crippen molar-refractivity contribution in [2.45, 2.75) is 12.2 Å². The Labute approximate surface area is 126 Å². The van der Waals surface area contributed by atoms with Crippen LogP contribution in [0.4, 0.5) is 5.69 Å². The Hall–Kier alpha value is -1.85. The SMILES string of the molecule is COc1ccc(Cl)cc1N1C(=O)[C@@H]2[C@@H](C1=O)[C@H]1C=C[C@H]2O1. The summed E-state index contributed by atoms with van der Waals surface area (Å²) in [4.78, 5) is 26.5. The van der Waals surface area contributed by atoms with Crippen molar-refractivity contribution < 1.29 is 19.1 Å². The molecule has 2 amide bonds. The number of nitrogens with zero attached hydrogens (tertiary/aromatic N) is 1. The van der Waals surface area contributed by atoms with E-state index in [1.807, 2.05) is 12.2 Å². The van der Waals surface area contributed by atoms with Crippen LogP contribution in [0.1, 0.15) is 0 Å². The van der Waals surface area contributed by atoms with E-state index in [1.54, 1.807) is 18.2 Å². The van der Waals surface area contributed by atoms with Crippen molar-refractivity contribution in [3.63, 3.8) is 0 Å². The summed E-state index contributed by atoms with van der Waals surface area (Å²) in [7, 11) is 1.49. The van der Waals surface area contributed by atoms with Gasteiger partial charge in [0.1, 0.15) is 5.75 Å². The first-order valence-corrected chi connectivity index (χ1v) is 7.05. The van der Waals surface area contributed by atoms with Crippen molar-refractivity contribution in [3.05, 3.63) is 35.4 Å². The fourth-order valence-electron chi connectivity index (χ4n) is 3.38. The number of halogens is 1. The van der Waals surface area contributed by atoms with Gasteiger partial charge in [-0.25, -0.2) is 4.90 Å². The molecule has 0 aliphatic carbocycles. The first-order valence-electron chi connectivity index (χ1n) is 6.67. The van der Waals surface area contributed by atoms with Crippen LogP contribution < -0.4 is 9.64 Å². The molecule has 21 heavy (non-hydrogen) atoms. The maximum absolute atomic E-state index is 12.7. The lowest BCUT2D eigenvalue weighted by molar-refractivity contribution is -0.124. The van der Waals surface area contributed by atoms with E-state index in [9.17, 15) is 9.59 Å². The van der Waals surface area contributed by atoms with Crippen molar-refractivity contribution in [2.24, 2.45) is 11.8 Å². The summed E-state index contributed by atoms with van der Waals surface area (Å²) < 4.78 is 10.9. The number of imide groups is 1. The third kappa shape index (κ3) is 1.61. The van der Waals surface area contributed by atoms with Crippen LogP contribution in [-0.2, 0) is 14.3 Å². The number of fused-ring (bicyclic) bond motifs is 5. The van der Waals surface area contributed by atoms with Gasteiger partial charge in [-0.1, -0.05) is 23.8 Å². The Kier molecular flexibility index (Phi) is 2.65. The largest absolute Gasteiger partial charge is 0.495 e. The van der Waals surface area contributed by atoms with Crippen LogP contribution in [0.15, 0.2) is 30.4 Å². The van der Waals surface area contributed by atoms with Gasteiger partial charge in [0.25, 0.3) is 0 Å². The van der Waals surface area contributed by atoms with E-state index in [-0.39, 0.29) is 24.0 Å². The Balaban J connectivity index is 1.79. The van der Waals surface area contributed by atoms with E-state index in [4.69, 9.17) is 21.1 Å². The zero-order valence-electron chi connectivity index (χ0n) is 11.2. The molecule has 5 nitrogen and oxygen atoms in total. The highest BCUT2D eigenvalue weighted by atomic mass is 35.5. The number of methoxy groups -OCH3 is 1. The van der Waals surface area contributed by atoms with E-state index in [0.717, 1.165) is 0 Å². The first kappa shape index (κ1) is 12.9. The standard InChI is InChI=1S/C15H12ClNO4/c1-20-9-3-2-7(16)6-8(9)17-14(18)12-10-4-5-11(21-10)13(12)15(17)19/h2-6,10-13H,1H3/t10-,11-,12+,13+/m1/s1. The molecule has 108 valence electrons. The molecule has 1 aromatic rings. The highest BCUT2D eigenvalue weighted by Crippen LogP contribution is 2.47. The van der Waals surface area contributed by atoms with Gasteiger partial charge in [0.05, 0.1) is 36.8 Å². The van der Waals surface area contributed by atoms with Gasteiger partial charge in [-0.2, -0.15) is 0 Å². The lowest BCUT2D eigenvalue weighted by atomic mass is 9.85. The number of hydrogen-bond donors (Lipinski definition) is 0. The van der Waals surface area contributed by atoms with Gasteiger partial charge in [-0.05, 0) is 18.2 Å². The van der Waals surface area contributed by atoms with E-state index >= 15 is 0 Å². The minimum absolute atomic E-state index is 0.248. The number of ether oxygens (including phenoxy) is 2. The van der Waals surface area contributed by atoms with Crippen molar-refractivity contribution >= 4 is 29.1 Å². The normalized spacial score (nSPS) is 33.0. The predicted molar refractivity (Wildman–Crippen MR) is 75.3 cm³/mol. The second-order valence-corrected chi connectivity index (χ2v) is 5.77. The number of carbonyl (C=O) groups excluding carboxylic acids is 2. The molecule has 4 atom stereocenters. The number of carbonyl (C=O) groups is 2. The zero-order valence-corrected chi connectivity index (χ0v) is 11.9. The Morgan fingerprint density at radius 1 is 1.14 bits per heavy atom. The number of hydrogen-bond acceptors (Lipinski definition) is 4. The molecule has 3 heterocycles. The molecule has 3 aliphatic heterocycles. The number of amides is 2. The fourth-order valence-corrected chi connectivity index (χ4v) is 3.55. The summed E-state index contributed by atoms with van der Waals surface area (Å²) in [5.41, 5.74) is 0.397. The van der Waals surface area contributed by atoms with Crippen molar-refractivity contribution in [2.75, 3.05) is 12.0 Å². The van der Waals surface area contributed by atoms with Gasteiger partial charge in [0.15, 0.2) is 0 Å². The maximum Gasteiger partial charge on any atom is 0.240 e. The molecule has 2 saturated heterocycles. The summed E-state index contributed by atoms with van der Waals surface area (Å²) >= 11 is 6.00. The van der Waals surface area contributed by atoms with Crippen LogP contribution in [0, 0.1) is 11.8 Å². The van der Waals surface area contributed by atoms with Crippen LogP contribution in [0.2, 0.25) is 5.02 Å². The minimum Gasteiger partial charge on any atom is -0.495 e. The van der Waals surface area contributed by atoms with Crippen LogP contribution in [0.25, 0.3) is 0 Å².